The highest BCUT2D eigenvalue weighted by Gasteiger charge is 2.14. The highest BCUT2D eigenvalue weighted by Crippen LogP contribution is 2.31. The summed E-state index contributed by atoms with van der Waals surface area (Å²) in [4.78, 5) is 21.4. The number of halogens is 1. The Balaban J connectivity index is 1.72. The number of aromatic nitrogens is 2. The zero-order chi connectivity index (χ0) is 18.1. The minimum atomic E-state index is -0.477. The monoisotopic (exact) mass is 363 g/mol. The van der Waals surface area contributed by atoms with Crippen molar-refractivity contribution >= 4 is 39.5 Å². The molecule has 0 atom stereocenters. The zero-order valence-electron chi connectivity index (χ0n) is 13.9. The number of benzene rings is 2. The fraction of sp³-hybridized carbons (Fsp3) is 0.0500. The van der Waals surface area contributed by atoms with Gasteiger partial charge in [0.15, 0.2) is 0 Å². The Morgan fingerprint density at radius 2 is 1.96 bits per heavy atom. The molecular formula is C20H14FN3OS. The summed E-state index contributed by atoms with van der Waals surface area (Å²) in [6.07, 6.45) is 2.25. The lowest BCUT2D eigenvalue weighted by atomic mass is 10.0. The molecule has 0 aliphatic heterocycles. The van der Waals surface area contributed by atoms with Gasteiger partial charge in [-0.3, -0.25) is 9.69 Å². The van der Waals surface area contributed by atoms with Crippen LogP contribution in [0.3, 0.4) is 0 Å². The van der Waals surface area contributed by atoms with E-state index in [0.29, 0.717) is 12.2 Å². The minimum Gasteiger partial charge on any atom is -0.278 e. The first-order valence-electron chi connectivity index (χ1n) is 7.96. The number of thiazole rings is 1. The molecule has 0 spiro atoms. The van der Waals surface area contributed by atoms with Crippen LogP contribution >= 0.6 is 11.3 Å². The number of fused-ring (bicyclic) bond motifs is 1. The summed E-state index contributed by atoms with van der Waals surface area (Å²) in [7, 11) is 0. The lowest BCUT2D eigenvalue weighted by molar-refractivity contribution is -0.106. The van der Waals surface area contributed by atoms with Crippen LogP contribution in [0, 0.1) is 12.7 Å². The van der Waals surface area contributed by atoms with Crippen LogP contribution in [0.25, 0.3) is 21.3 Å². The van der Waals surface area contributed by atoms with E-state index in [4.69, 9.17) is 0 Å². The van der Waals surface area contributed by atoms with Gasteiger partial charge in [-0.05, 0) is 54.4 Å². The van der Waals surface area contributed by atoms with Crippen LogP contribution in [0.15, 0.2) is 60.2 Å². The molecule has 4 aromatic rings. The maximum absolute atomic E-state index is 14.0. The average Bonchev–Trinajstić information content (AvgIpc) is 3.11. The number of anilines is 2. The predicted octanol–water partition coefficient (Wildman–Crippen LogP) is 5.10. The van der Waals surface area contributed by atoms with Crippen LogP contribution in [0.2, 0.25) is 0 Å². The van der Waals surface area contributed by atoms with Gasteiger partial charge in [-0.25, -0.2) is 14.4 Å². The summed E-state index contributed by atoms with van der Waals surface area (Å²) in [5.41, 5.74) is 6.01. The van der Waals surface area contributed by atoms with Gasteiger partial charge < -0.3 is 0 Å². The molecule has 2 aromatic carbocycles. The van der Waals surface area contributed by atoms with Gasteiger partial charge in [0.05, 0.1) is 21.4 Å². The van der Waals surface area contributed by atoms with Crippen LogP contribution in [0.5, 0.6) is 0 Å². The molecule has 0 aliphatic rings. The van der Waals surface area contributed by atoms with Crippen molar-refractivity contribution in [1.82, 2.24) is 9.97 Å². The summed E-state index contributed by atoms with van der Waals surface area (Å²) in [6.45, 7) is 2.04. The first-order valence-corrected chi connectivity index (χ1v) is 8.84. The van der Waals surface area contributed by atoms with Crippen molar-refractivity contribution < 1.29 is 9.18 Å². The second-order valence-corrected chi connectivity index (χ2v) is 6.71. The second kappa shape index (κ2) is 6.65. The molecule has 1 amide bonds. The topological polar surface area (TPSA) is 46.1 Å². The summed E-state index contributed by atoms with van der Waals surface area (Å²) in [5.74, 6) is -0.114. The smallest absolute Gasteiger partial charge is 0.219 e. The van der Waals surface area contributed by atoms with Crippen molar-refractivity contribution in [2.45, 2.75) is 6.92 Å². The quantitative estimate of drug-likeness (QED) is 0.474. The molecule has 0 bridgehead atoms. The number of hydrogen-bond acceptors (Lipinski definition) is 4. The molecule has 0 saturated heterocycles. The summed E-state index contributed by atoms with van der Waals surface area (Å²) in [6, 6.07) is 13.8. The molecule has 0 fully saturated rings. The third-order valence-corrected chi connectivity index (χ3v) is 4.99. The molecule has 0 N–H and O–H groups in total. The number of aryl methyl sites for hydroxylation is 1. The molecule has 128 valence electrons. The minimum absolute atomic E-state index is 0.169. The molecule has 26 heavy (non-hydrogen) atoms. The zero-order valence-corrected chi connectivity index (χ0v) is 14.7. The van der Waals surface area contributed by atoms with Crippen molar-refractivity contribution in [2.75, 3.05) is 4.90 Å². The molecular weight excluding hydrogens is 349 g/mol. The Morgan fingerprint density at radius 1 is 1.12 bits per heavy atom. The van der Waals surface area contributed by atoms with E-state index in [1.54, 1.807) is 41.8 Å². The molecule has 2 aromatic heterocycles. The summed E-state index contributed by atoms with van der Waals surface area (Å²) >= 11 is 1.61. The fourth-order valence-electron chi connectivity index (χ4n) is 2.89. The largest absolute Gasteiger partial charge is 0.278 e. The molecule has 0 saturated carbocycles. The lowest BCUT2D eigenvalue weighted by Gasteiger charge is -2.17. The number of pyridine rings is 1. The summed E-state index contributed by atoms with van der Waals surface area (Å²) in [5, 5.41) is 0. The first-order chi connectivity index (χ1) is 12.7. The number of nitrogens with zero attached hydrogens (tertiary/aromatic N) is 3. The molecule has 0 unspecified atom stereocenters. The average molecular weight is 363 g/mol. The first kappa shape index (κ1) is 16.4. The van der Waals surface area contributed by atoms with Crippen LogP contribution in [0.1, 0.15) is 5.56 Å². The van der Waals surface area contributed by atoms with Gasteiger partial charge in [-0.1, -0.05) is 12.1 Å². The van der Waals surface area contributed by atoms with Crippen LogP contribution in [0.4, 0.5) is 15.9 Å². The molecule has 0 radical (unpaired) electrons. The van der Waals surface area contributed by atoms with Gasteiger partial charge >= 0.3 is 0 Å². The molecule has 4 rings (SSSR count). The molecule has 6 heteroatoms. The Kier molecular flexibility index (Phi) is 4.18. The number of carbonyl (C=O) groups excluding carboxylic acids is 1. The number of amides is 1. The maximum Gasteiger partial charge on any atom is 0.219 e. The third-order valence-electron chi connectivity index (χ3n) is 4.20. The van der Waals surface area contributed by atoms with Gasteiger partial charge in [0.1, 0.15) is 11.6 Å². The van der Waals surface area contributed by atoms with Crippen LogP contribution < -0.4 is 4.90 Å². The van der Waals surface area contributed by atoms with Gasteiger partial charge in [0.2, 0.25) is 6.41 Å². The SMILES string of the molecule is Cc1cc2scnc2cc1-c1ccc(N(C=O)c2ccccc2F)nc1. The van der Waals surface area contributed by atoms with E-state index in [0.717, 1.165) is 26.9 Å². The highest BCUT2D eigenvalue weighted by molar-refractivity contribution is 7.16. The standard InChI is InChI=1S/C20H14FN3OS/c1-13-8-19-17(23-11-26-19)9-15(13)14-6-7-20(22-10-14)24(12-25)18-5-3-2-4-16(18)21/h2-12H,1H3. The van der Waals surface area contributed by atoms with Crippen molar-refractivity contribution in [3.63, 3.8) is 0 Å². The van der Waals surface area contributed by atoms with Gasteiger partial charge in [-0.15, -0.1) is 11.3 Å². The van der Waals surface area contributed by atoms with Crippen molar-refractivity contribution in [3.05, 3.63) is 71.6 Å². The van der Waals surface area contributed by atoms with E-state index in [-0.39, 0.29) is 5.69 Å². The van der Waals surface area contributed by atoms with Gasteiger partial charge in [-0.2, -0.15) is 0 Å². The van der Waals surface area contributed by atoms with Crippen molar-refractivity contribution in [1.29, 1.82) is 0 Å². The normalized spacial score (nSPS) is 10.8. The van der Waals surface area contributed by atoms with E-state index < -0.39 is 5.82 Å². The molecule has 0 aliphatic carbocycles. The Hall–Kier alpha value is -3.12. The highest BCUT2D eigenvalue weighted by atomic mass is 32.1. The van der Waals surface area contributed by atoms with Crippen molar-refractivity contribution in [2.24, 2.45) is 0 Å². The lowest BCUT2D eigenvalue weighted by Crippen LogP contribution is -2.16. The van der Waals surface area contributed by atoms with Gasteiger partial charge in [0, 0.05) is 11.8 Å². The Morgan fingerprint density at radius 3 is 2.69 bits per heavy atom. The van der Waals surface area contributed by atoms with Crippen LogP contribution in [-0.4, -0.2) is 16.4 Å². The third kappa shape index (κ3) is 2.84. The summed E-state index contributed by atoms with van der Waals surface area (Å²) < 4.78 is 15.1. The fourth-order valence-corrected chi connectivity index (χ4v) is 3.64. The van der Waals surface area contributed by atoms with Crippen LogP contribution in [-0.2, 0) is 4.79 Å². The van der Waals surface area contributed by atoms with E-state index in [9.17, 15) is 9.18 Å². The number of para-hydroxylation sites is 1. The number of rotatable bonds is 4. The second-order valence-electron chi connectivity index (χ2n) is 5.82. The Labute approximate surface area is 153 Å². The molecule has 2 heterocycles. The van der Waals surface area contributed by atoms with Gasteiger partial charge in [0.25, 0.3) is 0 Å². The van der Waals surface area contributed by atoms with E-state index in [1.807, 2.05) is 24.6 Å². The molecule has 4 nitrogen and oxygen atoms in total. The number of carbonyl (C=O) groups is 1. The van der Waals surface area contributed by atoms with E-state index in [2.05, 4.69) is 16.0 Å². The van der Waals surface area contributed by atoms with E-state index in [1.165, 1.54) is 11.0 Å². The van der Waals surface area contributed by atoms with Crippen molar-refractivity contribution in [3.8, 4) is 11.1 Å². The predicted molar refractivity (Wildman–Crippen MR) is 102 cm³/mol. The number of hydrogen-bond donors (Lipinski definition) is 0. The maximum atomic E-state index is 14.0. The Bertz CT molecular complexity index is 1090. The van der Waals surface area contributed by atoms with E-state index >= 15 is 0 Å².